The first-order chi connectivity index (χ1) is 15.2. The van der Waals surface area contributed by atoms with Gasteiger partial charge in [0.2, 0.25) is 0 Å². The number of hydrogen-bond donors (Lipinski definition) is 0. The fourth-order valence-electron chi connectivity index (χ4n) is 4.38. The maximum absolute atomic E-state index is 12.7. The number of benzene rings is 3. The lowest BCUT2D eigenvalue weighted by molar-refractivity contribution is 0.0992. The Bertz CT molecular complexity index is 1190. The minimum atomic E-state index is -0.251. The van der Waals surface area contributed by atoms with Gasteiger partial charge in [-0.1, -0.05) is 64.5 Å². The molecule has 0 N–H and O–H groups in total. The van der Waals surface area contributed by atoms with Gasteiger partial charge in [0.1, 0.15) is 6.61 Å². The lowest BCUT2D eigenvalue weighted by Crippen LogP contribution is -2.40. The molecule has 0 aromatic heterocycles. The second-order valence-corrected chi connectivity index (χ2v) is 8.97. The Balaban J connectivity index is 1.25. The Labute approximate surface area is 190 Å². The Hall–Kier alpha value is -2.92. The Morgan fingerprint density at radius 3 is 2.74 bits per heavy atom. The second kappa shape index (κ2) is 8.67. The van der Waals surface area contributed by atoms with Gasteiger partial charge >= 0.3 is 6.09 Å². The number of rotatable bonds is 4. The fraction of sp³-hybridized carbons (Fsp3) is 0.231. The van der Waals surface area contributed by atoms with Crippen molar-refractivity contribution in [2.75, 3.05) is 6.54 Å². The lowest BCUT2D eigenvalue weighted by Gasteiger charge is -2.24. The molecule has 1 fully saturated rings. The summed E-state index contributed by atoms with van der Waals surface area (Å²) >= 11 is 3.53. The standard InChI is InChI=1S/C26H23BrN2O2/c27-23-11-10-19-13-20(8-9-21(19)14-23)22-15-24(28-16-22)25-7-4-12-29(25)26(30)31-17-18-5-2-1-3-6-18/h1-3,5-6,8-11,13-14,16,25H,4,7,12,15,17H2/t25-/m0/s1. The number of amides is 1. The monoisotopic (exact) mass is 474 g/mol. The van der Waals surface area contributed by atoms with Crippen LogP contribution < -0.4 is 0 Å². The van der Waals surface area contributed by atoms with Crippen LogP contribution in [0.2, 0.25) is 0 Å². The van der Waals surface area contributed by atoms with E-state index in [1.807, 2.05) is 41.4 Å². The molecule has 3 aromatic rings. The third kappa shape index (κ3) is 4.28. The van der Waals surface area contributed by atoms with Gasteiger partial charge in [0.05, 0.1) is 6.04 Å². The maximum Gasteiger partial charge on any atom is 0.410 e. The van der Waals surface area contributed by atoms with Crippen LogP contribution in [0.3, 0.4) is 0 Å². The molecule has 2 heterocycles. The fourth-order valence-corrected chi connectivity index (χ4v) is 4.76. The molecule has 156 valence electrons. The lowest BCUT2D eigenvalue weighted by atomic mass is 9.97. The van der Waals surface area contributed by atoms with E-state index in [1.165, 1.54) is 21.9 Å². The van der Waals surface area contributed by atoms with Gasteiger partial charge in [-0.2, -0.15) is 0 Å². The van der Waals surface area contributed by atoms with Crippen molar-refractivity contribution in [3.05, 3.63) is 88.5 Å². The van der Waals surface area contributed by atoms with Crippen molar-refractivity contribution in [1.82, 2.24) is 4.90 Å². The normalized spacial score (nSPS) is 18.2. The van der Waals surface area contributed by atoms with E-state index in [1.54, 1.807) is 0 Å². The first-order valence-corrected chi connectivity index (χ1v) is 11.4. The average Bonchev–Trinajstić information content (AvgIpc) is 3.47. The van der Waals surface area contributed by atoms with Gasteiger partial charge in [-0.25, -0.2) is 4.79 Å². The van der Waals surface area contributed by atoms with Gasteiger partial charge in [0.15, 0.2) is 0 Å². The molecule has 0 radical (unpaired) electrons. The number of allylic oxidation sites excluding steroid dienone is 1. The maximum atomic E-state index is 12.7. The Morgan fingerprint density at radius 2 is 1.87 bits per heavy atom. The predicted octanol–water partition coefficient (Wildman–Crippen LogP) is 6.59. The average molecular weight is 475 g/mol. The molecule has 0 unspecified atom stereocenters. The number of ether oxygens (including phenoxy) is 1. The summed E-state index contributed by atoms with van der Waals surface area (Å²) in [5.41, 5.74) is 4.44. The third-order valence-electron chi connectivity index (χ3n) is 6.01. The van der Waals surface area contributed by atoms with Crippen molar-refractivity contribution >= 4 is 44.1 Å². The van der Waals surface area contributed by atoms with Crippen molar-refractivity contribution in [1.29, 1.82) is 0 Å². The van der Waals surface area contributed by atoms with Crippen LogP contribution in [0.1, 0.15) is 30.4 Å². The molecule has 0 bridgehead atoms. The molecule has 5 rings (SSSR count). The number of carbonyl (C=O) groups is 1. The van der Waals surface area contributed by atoms with Gasteiger partial charge < -0.3 is 4.74 Å². The first kappa shape index (κ1) is 20.0. The zero-order chi connectivity index (χ0) is 21.2. The van der Waals surface area contributed by atoms with Crippen molar-refractivity contribution in [3.63, 3.8) is 0 Å². The van der Waals surface area contributed by atoms with Crippen LogP contribution in [-0.4, -0.2) is 29.3 Å². The van der Waals surface area contributed by atoms with Crippen LogP contribution in [0.25, 0.3) is 16.3 Å². The van der Waals surface area contributed by atoms with Crippen molar-refractivity contribution in [3.8, 4) is 0 Å². The van der Waals surface area contributed by atoms with Gasteiger partial charge in [0.25, 0.3) is 0 Å². The molecule has 5 heteroatoms. The highest BCUT2D eigenvalue weighted by atomic mass is 79.9. The van der Waals surface area contributed by atoms with Crippen molar-refractivity contribution in [2.45, 2.75) is 31.9 Å². The molecule has 4 nitrogen and oxygen atoms in total. The highest BCUT2D eigenvalue weighted by Crippen LogP contribution is 2.32. The first-order valence-electron chi connectivity index (χ1n) is 10.6. The summed E-state index contributed by atoms with van der Waals surface area (Å²) in [6, 6.07) is 22.7. The Kier molecular flexibility index (Phi) is 5.60. The van der Waals surface area contributed by atoms with Crippen LogP contribution in [0, 0.1) is 0 Å². The zero-order valence-corrected chi connectivity index (χ0v) is 18.7. The van der Waals surface area contributed by atoms with E-state index in [4.69, 9.17) is 9.73 Å². The number of likely N-dealkylation sites (tertiary alicyclic amines) is 1. The highest BCUT2D eigenvalue weighted by molar-refractivity contribution is 9.10. The summed E-state index contributed by atoms with van der Waals surface area (Å²) < 4.78 is 6.66. The van der Waals surface area contributed by atoms with Gasteiger partial charge in [-0.05, 0) is 58.5 Å². The van der Waals surface area contributed by atoms with Gasteiger partial charge in [-0.3, -0.25) is 9.89 Å². The number of aliphatic imine (C=N–C) groups is 1. The van der Waals surface area contributed by atoms with Crippen LogP contribution in [0.4, 0.5) is 4.79 Å². The topological polar surface area (TPSA) is 41.9 Å². The quantitative estimate of drug-likeness (QED) is 0.427. The molecule has 2 aliphatic rings. The molecular formula is C26H23BrN2O2. The number of nitrogens with zero attached hydrogens (tertiary/aromatic N) is 2. The van der Waals surface area contributed by atoms with Crippen molar-refractivity contribution < 1.29 is 9.53 Å². The number of fused-ring (bicyclic) bond motifs is 1. The summed E-state index contributed by atoms with van der Waals surface area (Å²) in [6.07, 6.45) is 4.39. The number of halogens is 1. The van der Waals surface area contributed by atoms with Crippen LogP contribution in [0.5, 0.6) is 0 Å². The van der Waals surface area contributed by atoms with E-state index in [9.17, 15) is 4.79 Å². The SMILES string of the molecule is O=C(OCc1ccccc1)N1CCC[C@H]1C1=NC=C(c2ccc3cc(Br)ccc3c2)C1. The van der Waals surface area contributed by atoms with Crippen LogP contribution >= 0.6 is 15.9 Å². The molecular weight excluding hydrogens is 452 g/mol. The van der Waals surface area contributed by atoms with E-state index in [0.717, 1.165) is 41.6 Å². The van der Waals surface area contributed by atoms with Crippen molar-refractivity contribution in [2.24, 2.45) is 4.99 Å². The Morgan fingerprint density at radius 1 is 1.06 bits per heavy atom. The van der Waals surface area contributed by atoms with E-state index in [0.29, 0.717) is 6.61 Å². The summed E-state index contributed by atoms with van der Waals surface area (Å²) in [5, 5.41) is 2.42. The number of hydrogen-bond acceptors (Lipinski definition) is 3. The summed E-state index contributed by atoms with van der Waals surface area (Å²) in [6.45, 7) is 1.02. The molecule has 1 atom stereocenters. The molecule has 3 aromatic carbocycles. The highest BCUT2D eigenvalue weighted by Gasteiger charge is 2.34. The molecule has 1 amide bonds. The molecule has 1 saturated heterocycles. The largest absolute Gasteiger partial charge is 0.445 e. The molecule has 0 saturated carbocycles. The minimum absolute atomic E-state index is 0.0217. The smallest absolute Gasteiger partial charge is 0.410 e. The summed E-state index contributed by atoms with van der Waals surface area (Å²) in [4.78, 5) is 19.3. The summed E-state index contributed by atoms with van der Waals surface area (Å²) in [7, 11) is 0. The van der Waals surface area contributed by atoms with E-state index in [2.05, 4.69) is 52.3 Å². The molecule has 2 aliphatic heterocycles. The van der Waals surface area contributed by atoms with E-state index >= 15 is 0 Å². The molecule has 0 aliphatic carbocycles. The van der Waals surface area contributed by atoms with E-state index in [-0.39, 0.29) is 12.1 Å². The van der Waals surface area contributed by atoms with Crippen LogP contribution in [0.15, 0.2) is 82.4 Å². The van der Waals surface area contributed by atoms with Gasteiger partial charge in [0, 0.05) is 29.3 Å². The second-order valence-electron chi connectivity index (χ2n) is 8.05. The van der Waals surface area contributed by atoms with Gasteiger partial charge in [-0.15, -0.1) is 0 Å². The minimum Gasteiger partial charge on any atom is -0.445 e. The predicted molar refractivity (Wildman–Crippen MR) is 128 cm³/mol. The van der Waals surface area contributed by atoms with Crippen LogP contribution in [-0.2, 0) is 11.3 Å². The third-order valence-corrected chi connectivity index (χ3v) is 6.50. The zero-order valence-electron chi connectivity index (χ0n) is 17.1. The molecule has 31 heavy (non-hydrogen) atoms. The van der Waals surface area contributed by atoms with E-state index < -0.39 is 0 Å². The number of carbonyl (C=O) groups excluding carboxylic acids is 1. The molecule has 0 spiro atoms. The summed E-state index contributed by atoms with van der Waals surface area (Å²) in [5.74, 6) is 0.